The third-order valence-electron chi connectivity index (χ3n) is 3.31. The number of ether oxygens (including phenoxy) is 1. The fourth-order valence-electron chi connectivity index (χ4n) is 2.28. The average Bonchev–Trinajstić information content (AvgIpc) is 2.48. The Balaban J connectivity index is 1.91. The van der Waals surface area contributed by atoms with Crippen LogP contribution in [-0.4, -0.2) is 18.6 Å². The van der Waals surface area contributed by atoms with E-state index in [-0.39, 0.29) is 18.6 Å². The Labute approximate surface area is 137 Å². The molecule has 122 valence electrons. The quantitative estimate of drug-likeness (QED) is 0.843. The van der Waals surface area contributed by atoms with Crippen molar-refractivity contribution in [2.24, 2.45) is 0 Å². The minimum absolute atomic E-state index is 0.0767. The molecule has 4 nitrogen and oxygen atoms in total. The molecular formula is C19H24N2O2. The second kappa shape index (κ2) is 7.68. The van der Waals surface area contributed by atoms with E-state index in [2.05, 4.69) is 16.7 Å². The Morgan fingerprint density at radius 3 is 2.61 bits per heavy atom. The van der Waals surface area contributed by atoms with Crippen LogP contribution >= 0.6 is 0 Å². The van der Waals surface area contributed by atoms with Crippen LogP contribution in [0, 0.1) is 13.8 Å². The summed E-state index contributed by atoms with van der Waals surface area (Å²) >= 11 is 0. The number of carbonyl (C=O) groups excluding carboxylic acids is 1. The largest absolute Gasteiger partial charge is 0.491 e. The van der Waals surface area contributed by atoms with Gasteiger partial charge in [0.2, 0.25) is 5.91 Å². The van der Waals surface area contributed by atoms with Crippen LogP contribution in [0.5, 0.6) is 5.75 Å². The second-order valence-electron chi connectivity index (χ2n) is 5.91. The van der Waals surface area contributed by atoms with Gasteiger partial charge < -0.3 is 15.4 Å². The average molecular weight is 312 g/mol. The lowest BCUT2D eigenvalue weighted by molar-refractivity contribution is -0.114. The van der Waals surface area contributed by atoms with Crippen LogP contribution in [0.4, 0.5) is 11.4 Å². The van der Waals surface area contributed by atoms with Gasteiger partial charge in [0.15, 0.2) is 0 Å². The monoisotopic (exact) mass is 312 g/mol. The summed E-state index contributed by atoms with van der Waals surface area (Å²) < 4.78 is 5.64. The van der Waals surface area contributed by atoms with E-state index in [1.54, 1.807) is 0 Å². The standard InChI is InChI=1S/C19H24N2O2/c1-13(2)23-17-7-5-6-16(11-17)20-12-19(22)21-18-9-8-14(3)10-15(18)4/h5-11,13,20H,12H2,1-4H3,(H,21,22). The molecule has 0 atom stereocenters. The molecule has 0 aliphatic heterocycles. The number of rotatable bonds is 6. The first kappa shape index (κ1) is 16.9. The maximum atomic E-state index is 12.1. The lowest BCUT2D eigenvalue weighted by atomic mass is 10.1. The van der Waals surface area contributed by atoms with Crippen LogP contribution < -0.4 is 15.4 Å². The van der Waals surface area contributed by atoms with Crippen LogP contribution in [0.25, 0.3) is 0 Å². The highest BCUT2D eigenvalue weighted by molar-refractivity contribution is 5.94. The predicted molar refractivity (Wildman–Crippen MR) is 95.2 cm³/mol. The predicted octanol–water partition coefficient (Wildman–Crippen LogP) is 4.14. The first-order valence-corrected chi connectivity index (χ1v) is 7.82. The number of aryl methyl sites for hydroxylation is 2. The van der Waals surface area contributed by atoms with Crippen LogP contribution in [0.3, 0.4) is 0 Å². The van der Waals surface area contributed by atoms with Crippen molar-refractivity contribution in [1.82, 2.24) is 0 Å². The summed E-state index contributed by atoms with van der Waals surface area (Å²) in [6.45, 7) is 8.20. The molecule has 2 aromatic carbocycles. The molecule has 0 spiro atoms. The molecule has 1 amide bonds. The normalized spacial score (nSPS) is 10.5. The summed E-state index contributed by atoms with van der Waals surface area (Å²) in [4.78, 5) is 12.1. The number of nitrogens with one attached hydrogen (secondary N) is 2. The molecule has 0 saturated heterocycles. The van der Waals surface area contributed by atoms with E-state index >= 15 is 0 Å². The Hall–Kier alpha value is -2.49. The van der Waals surface area contributed by atoms with Crippen molar-refractivity contribution in [2.75, 3.05) is 17.2 Å². The van der Waals surface area contributed by atoms with Crippen molar-refractivity contribution >= 4 is 17.3 Å². The van der Waals surface area contributed by atoms with Crippen molar-refractivity contribution < 1.29 is 9.53 Å². The summed E-state index contributed by atoms with van der Waals surface area (Å²) in [6, 6.07) is 13.6. The van der Waals surface area contributed by atoms with Crippen LogP contribution in [-0.2, 0) is 4.79 Å². The molecule has 4 heteroatoms. The van der Waals surface area contributed by atoms with Gasteiger partial charge in [0, 0.05) is 17.4 Å². The molecule has 0 aromatic heterocycles. The van der Waals surface area contributed by atoms with Crippen LogP contribution in [0.2, 0.25) is 0 Å². The van der Waals surface area contributed by atoms with E-state index in [0.717, 1.165) is 22.7 Å². The summed E-state index contributed by atoms with van der Waals surface area (Å²) in [5, 5.41) is 6.04. The molecular weight excluding hydrogens is 288 g/mol. The van der Waals surface area contributed by atoms with Crippen LogP contribution in [0.1, 0.15) is 25.0 Å². The van der Waals surface area contributed by atoms with E-state index in [0.29, 0.717) is 0 Å². The minimum atomic E-state index is -0.0767. The van der Waals surface area contributed by atoms with Gasteiger partial charge in [-0.1, -0.05) is 23.8 Å². The Bertz CT molecular complexity index is 681. The fourth-order valence-corrected chi connectivity index (χ4v) is 2.28. The molecule has 2 N–H and O–H groups in total. The topological polar surface area (TPSA) is 50.4 Å². The lowest BCUT2D eigenvalue weighted by Gasteiger charge is -2.13. The molecule has 23 heavy (non-hydrogen) atoms. The smallest absolute Gasteiger partial charge is 0.243 e. The first-order valence-electron chi connectivity index (χ1n) is 7.82. The maximum absolute atomic E-state index is 12.1. The van der Waals surface area contributed by atoms with Gasteiger partial charge in [-0.25, -0.2) is 0 Å². The Kier molecular flexibility index (Phi) is 5.63. The number of anilines is 2. The van der Waals surface area contributed by atoms with Crippen molar-refractivity contribution in [3.8, 4) is 5.75 Å². The molecule has 0 unspecified atom stereocenters. The zero-order valence-electron chi connectivity index (χ0n) is 14.1. The number of hydrogen-bond donors (Lipinski definition) is 2. The summed E-state index contributed by atoms with van der Waals surface area (Å²) in [6.07, 6.45) is 0.123. The summed E-state index contributed by atoms with van der Waals surface area (Å²) in [5.41, 5.74) is 3.95. The summed E-state index contributed by atoms with van der Waals surface area (Å²) in [7, 11) is 0. The highest BCUT2D eigenvalue weighted by atomic mass is 16.5. The molecule has 0 fully saturated rings. The van der Waals surface area contributed by atoms with E-state index in [4.69, 9.17) is 4.74 Å². The van der Waals surface area contributed by atoms with Gasteiger partial charge in [-0.15, -0.1) is 0 Å². The van der Waals surface area contributed by atoms with Crippen molar-refractivity contribution in [3.63, 3.8) is 0 Å². The first-order chi connectivity index (χ1) is 10.9. The second-order valence-corrected chi connectivity index (χ2v) is 5.91. The third-order valence-corrected chi connectivity index (χ3v) is 3.31. The number of amides is 1. The molecule has 0 radical (unpaired) electrons. The lowest BCUT2D eigenvalue weighted by Crippen LogP contribution is -2.22. The molecule has 2 rings (SSSR count). The van der Waals surface area contributed by atoms with E-state index < -0.39 is 0 Å². The maximum Gasteiger partial charge on any atom is 0.243 e. The molecule has 2 aromatic rings. The van der Waals surface area contributed by atoms with Gasteiger partial charge in [0.25, 0.3) is 0 Å². The van der Waals surface area contributed by atoms with E-state index in [1.165, 1.54) is 5.56 Å². The highest BCUT2D eigenvalue weighted by Gasteiger charge is 2.05. The zero-order chi connectivity index (χ0) is 16.8. The van der Waals surface area contributed by atoms with Crippen molar-refractivity contribution in [3.05, 3.63) is 53.6 Å². The minimum Gasteiger partial charge on any atom is -0.491 e. The number of hydrogen-bond acceptors (Lipinski definition) is 3. The molecule has 0 saturated carbocycles. The van der Waals surface area contributed by atoms with Gasteiger partial charge in [-0.2, -0.15) is 0 Å². The van der Waals surface area contributed by atoms with Gasteiger partial charge >= 0.3 is 0 Å². The molecule has 0 aliphatic carbocycles. The Morgan fingerprint density at radius 2 is 1.91 bits per heavy atom. The Morgan fingerprint density at radius 1 is 1.13 bits per heavy atom. The van der Waals surface area contributed by atoms with Gasteiger partial charge in [0.1, 0.15) is 5.75 Å². The third kappa shape index (κ3) is 5.33. The molecule has 0 aliphatic rings. The zero-order valence-corrected chi connectivity index (χ0v) is 14.1. The SMILES string of the molecule is Cc1ccc(NC(=O)CNc2cccc(OC(C)C)c2)c(C)c1. The van der Waals surface area contributed by atoms with E-state index in [9.17, 15) is 4.79 Å². The van der Waals surface area contributed by atoms with Gasteiger partial charge in [-0.05, 0) is 51.5 Å². The fraction of sp³-hybridized carbons (Fsp3) is 0.316. The molecule has 0 bridgehead atoms. The van der Waals surface area contributed by atoms with E-state index in [1.807, 2.05) is 64.1 Å². The molecule has 0 heterocycles. The number of benzene rings is 2. The van der Waals surface area contributed by atoms with Gasteiger partial charge in [-0.3, -0.25) is 4.79 Å². The summed E-state index contributed by atoms with van der Waals surface area (Å²) in [5.74, 6) is 0.715. The van der Waals surface area contributed by atoms with Crippen LogP contribution in [0.15, 0.2) is 42.5 Å². The highest BCUT2D eigenvalue weighted by Crippen LogP contribution is 2.19. The van der Waals surface area contributed by atoms with Gasteiger partial charge in [0.05, 0.1) is 12.6 Å². The van der Waals surface area contributed by atoms with Crippen molar-refractivity contribution in [2.45, 2.75) is 33.8 Å². The van der Waals surface area contributed by atoms with Crippen molar-refractivity contribution in [1.29, 1.82) is 0 Å². The number of carbonyl (C=O) groups is 1.